The first-order valence-electron chi connectivity index (χ1n) is 19.6. The van der Waals surface area contributed by atoms with Gasteiger partial charge in [-0.25, -0.2) is 9.97 Å². The molecule has 11 heteroatoms. The van der Waals surface area contributed by atoms with Gasteiger partial charge in [-0.05, 0) is 124 Å². The summed E-state index contributed by atoms with van der Waals surface area (Å²) in [6.45, 7) is 0. The predicted octanol–water partition coefficient (Wildman–Crippen LogP) is 6.75. The molecule has 4 N–H and O–H groups in total. The largest absolute Gasteiger partial charge is 0.363 e. The summed E-state index contributed by atoms with van der Waals surface area (Å²) in [6.07, 6.45) is 18.6. The number of rotatable bonds is 2. The van der Waals surface area contributed by atoms with Crippen molar-refractivity contribution in [1.82, 2.24) is 35.6 Å². The second kappa shape index (κ2) is 10.2. The fourth-order valence-electron chi connectivity index (χ4n) is 11.0. The molecule has 4 saturated carbocycles. The molecule has 54 heavy (non-hydrogen) atoms. The van der Waals surface area contributed by atoms with E-state index in [-0.39, 0.29) is 33.7 Å². The van der Waals surface area contributed by atoms with Crippen LogP contribution in [0.3, 0.4) is 0 Å². The molecule has 7 heterocycles. The molecule has 272 valence electrons. The SMILES string of the molecule is CN(C)c1ccc(-c2cc3c(cn2)CCc2c-3[nH]c3c2C(=O)NC2(CC2)C32CC2)cn1.O=C1NC2(CC2)C2(CC2)c2[nH]c3c(c21)CCc1cnc(Cl)cc1-3. The van der Waals surface area contributed by atoms with Crippen LogP contribution in [0.25, 0.3) is 33.8 Å². The van der Waals surface area contributed by atoms with Gasteiger partial charge in [0.15, 0.2) is 0 Å². The maximum Gasteiger partial charge on any atom is 0.253 e. The zero-order chi connectivity index (χ0) is 36.4. The predicted molar refractivity (Wildman–Crippen MR) is 206 cm³/mol. The zero-order valence-corrected chi connectivity index (χ0v) is 31.3. The van der Waals surface area contributed by atoms with Crippen molar-refractivity contribution in [1.29, 1.82) is 0 Å². The Labute approximate surface area is 317 Å². The minimum Gasteiger partial charge on any atom is -0.363 e. The van der Waals surface area contributed by atoms with Crippen LogP contribution < -0.4 is 15.5 Å². The number of halogens is 1. The van der Waals surface area contributed by atoms with Gasteiger partial charge in [0, 0.05) is 71.6 Å². The van der Waals surface area contributed by atoms with Crippen LogP contribution >= 0.6 is 11.6 Å². The number of aryl methyl sites for hydroxylation is 2. The van der Waals surface area contributed by atoms with Gasteiger partial charge in [0.2, 0.25) is 0 Å². The van der Waals surface area contributed by atoms with Crippen LogP contribution in [-0.2, 0) is 36.5 Å². The summed E-state index contributed by atoms with van der Waals surface area (Å²) in [6, 6.07) is 8.20. The Hall–Kier alpha value is -4.96. The molecule has 0 radical (unpaired) electrons. The summed E-state index contributed by atoms with van der Waals surface area (Å²) in [7, 11) is 3.98. The van der Waals surface area contributed by atoms with Crippen molar-refractivity contribution >= 4 is 29.2 Å². The Morgan fingerprint density at radius 3 is 1.67 bits per heavy atom. The topological polar surface area (TPSA) is 132 Å². The number of hydrogen-bond acceptors (Lipinski definition) is 6. The van der Waals surface area contributed by atoms with Gasteiger partial charge in [0.1, 0.15) is 11.0 Å². The van der Waals surface area contributed by atoms with Gasteiger partial charge < -0.3 is 25.5 Å². The lowest BCUT2D eigenvalue weighted by molar-refractivity contribution is 0.0890. The lowest BCUT2D eigenvalue weighted by atomic mass is 9.81. The lowest BCUT2D eigenvalue weighted by Crippen LogP contribution is -2.51. The Kier molecular flexibility index (Phi) is 5.94. The highest BCUT2D eigenvalue weighted by Gasteiger charge is 2.72. The van der Waals surface area contributed by atoms with E-state index >= 15 is 0 Å². The molecule has 2 amide bonds. The van der Waals surface area contributed by atoms with Crippen molar-refractivity contribution in [3.63, 3.8) is 0 Å². The fourth-order valence-corrected chi connectivity index (χ4v) is 11.1. The highest BCUT2D eigenvalue weighted by molar-refractivity contribution is 6.29. The summed E-state index contributed by atoms with van der Waals surface area (Å²) in [5, 5.41) is 7.26. The van der Waals surface area contributed by atoms with Crippen molar-refractivity contribution in [2.75, 3.05) is 19.0 Å². The van der Waals surface area contributed by atoms with Gasteiger partial charge in [-0.2, -0.15) is 0 Å². The molecule has 13 rings (SSSR count). The highest BCUT2D eigenvalue weighted by Crippen LogP contribution is 2.68. The van der Waals surface area contributed by atoms with E-state index in [1.165, 1.54) is 64.9 Å². The monoisotopic (exact) mass is 736 g/mol. The highest BCUT2D eigenvalue weighted by atomic mass is 35.5. The molecule has 4 spiro atoms. The zero-order valence-electron chi connectivity index (χ0n) is 30.5. The van der Waals surface area contributed by atoms with Crippen LogP contribution in [0.1, 0.15) is 106 Å². The molecule has 0 atom stereocenters. The Balaban J connectivity index is 0.000000126. The summed E-state index contributed by atoms with van der Waals surface area (Å²) in [4.78, 5) is 48.9. The maximum absolute atomic E-state index is 13.1. The van der Waals surface area contributed by atoms with Gasteiger partial charge in [-0.15, -0.1) is 0 Å². The number of fused-ring (bicyclic) bond motifs is 14. The van der Waals surface area contributed by atoms with E-state index in [2.05, 4.69) is 42.7 Å². The molecule has 0 saturated heterocycles. The molecule has 0 bridgehead atoms. The van der Waals surface area contributed by atoms with E-state index in [0.29, 0.717) is 5.15 Å². The number of nitrogens with one attached hydrogen (secondary N) is 4. The van der Waals surface area contributed by atoms with E-state index in [1.54, 1.807) is 0 Å². The molecule has 0 aromatic carbocycles. The number of pyridine rings is 3. The fraction of sp³-hybridized carbons (Fsp3) is 0.419. The first kappa shape index (κ1) is 31.4. The smallest absolute Gasteiger partial charge is 0.253 e. The van der Waals surface area contributed by atoms with Crippen LogP contribution in [0, 0.1) is 0 Å². The Bertz CT molecular complexity index is 2510. The quantitative estimate of drug-likeness (QED) is 0.149. The normalized spacial score (nSPS) is 22.1. The van der Waals surface area contributed by atoms with Gasteiger partial charge in [-0.1, -0.05) is 11.6 Å². The number of amides is 2. The molecule has 10 nitrogen and oxygen atoms in total. The molecule has 8 aliphatic rings. The number of carbonyl (C=O) groups excluding carboxylic acids is 2. The number of hydrogen-bond donors (Lipinski definition) is 4. The first-order valence-corrected chi connectivity index (χ1v) is 20.0. The first-order chi connectivity index (χ1) is 26.1. The van der Waals surface area contributed by atoms with Gasteiger partial charge in [-0.3, -0.25) is 14.6 Å². The van der Waals surface area contributed by atoms with Crippen molar-refractivity contribution in [3.05, 3.63) is 92.8 Å². The van der Waals surface area contributed by atoms with E-state index in [1.807, 2.05) is 49.7 Å². The second-order valence-corrected chi connectivity index (χ2v) is 17.8. The van der Waals surface area contributed by atoms with Crippen molar-refractivity contribution in [3.8, 4) is 33.8 Å². The van der Waals surface area contributed by atoms with E-state index in [4.69, 9.17) is 16.6 Å². The van der Waals surface area contributed by atoms with E-state index < -0.39 is 0 Å². The second-order valence-electron chi connectivity index (χ2n) is 17.4. The maximum atomic E-state index is 13.1. The number of carbonyl (C=O) groups is 2. The average Bonchev–Trinajstić information content (AvgIpc) is 3.99. The molecule has 5 aromatic rings. The van der Waals surface area contributed by atoms with Crippen LogP contribution in [-0.4, -0.2) is 61.9 Å². The van der Waals surface area contributed by atoms with Crippen LogP contribution in [0.15, 0.2) is 42.9 Å². The minimum absolute atomic E-state index is 0.0244. The number of aromatic amines is 2. The number of nitrogens with zero attached hydrogens (tertiary/aromatic N) is 4. The van der Waals surface area contributed by atoms with Gasteiger partial charge in [0.05, 0.1) is 39.3 Å². The standard InChI is InChI=1S/C25H25N5O.C18H16ClN3O/c1-30(2)19-6-4-15(13-27-19)18-11-17-14(12-26-18)3-5-16-20-22(28-21(16)17)24(7-8-24)25(9-10-25)29-23(20)31;19-12-7-11-9(8-20-12)1-2-10-13-15(21-14(10)11)17(3-4-17)18(5-6-18)22-16(13)23/h4,6,11-13,28H,3,5,7-10H2,1-2H3,(H,29,31);7-8,21H,1-6H2,(H,22,23). The number of H-pyrrole nitrogens is 2. The number of aromatic nitrogens is 5. The summed E-state index contributed by atoms with van der Waals surface area (Å²) in [5.74, 6) is 1.18. The molecule has 5 aromatic heterocycles. The molecular weight excluding hydrogens is 696 g/mol. The van der Waals surface area contributed by atoms with Crippen molar-refractivity contribution in [2.24, 2.45) is 0 Å². The average molecular weight is 737 g/mol. The summed E-state index contributed by atoms with van der Waals surface area (Å²) < 4.78 is 0. The minimum atomic E-state index is 0.0244. The number of anilines is 1. The molecule has 0 unspecified atom stereocenters. The molecule has 6 aliphatic carbocycles. The third-order valence-electron chi connectivity index (χ3n) is 14.4. The van der Waals surface area contributed by atoms with Crippen molar-refractivity contribution < 1.29 is 9.59 Å². The molecular formula is C43H41ClN8O2. The third-order valence-corrected chi connectivity index (χ3v) is 14.6. The summed E-state index contributed by atoms with van der Waals surface area (Å²) in [5.41, 5.74) is 15.9. The Morgan fingerprint density at radius 2 is 1.19 bits per heavy atom. The van der Waals surface area contributed by atoms with Crippen LogP contribution in [0.5, 0.6) is 0 Å². The molecule has 2 aliphatic heterocycles. The third kappa shape index (κ3) is 4.04. The van der Waals surface area contributed by atoms with E-state index in [9.17, 15) is 9.59 Å². The van der Waals surface area contributed by atoms with Crippen LogP contribution in [0.4, 0.5) is 5.82 Å². The van der Waals surface area contributed by atoms with Crippen LogP contribution in [0.2, 0.25) is 5.15 Å². The lowest BCUT2D eigenvalue weighted by Gasteiger charge is -2.33. The van der Waals surface area contributed by atoms with E-state index in [0.717, 1.165) is 96.5 Å². The summed E-state index contributed by atoms with van der Waals surface area (Å²) >= 11 is 6.12. The molecule has 4 fully saturated rings. The van der Waals surface area contributed by atoms with Gasteiger partial charge >= 0.3 is 0 Å². The van der Waals surface area contributed by atoms with Crippen molar-refractivity contribution in [2.45, 2.75) is 99.0 Å². The Morgan fingerprint density at radius 1 is 0.648 bits per heavy atom. The van der Waals surface area contributed by atoms with Gasteiger partial charge in [0.25, 0.3) is 11.8 Å².